The largest absolute Gasteiger partial charge is 0.390 e. The molecule has 0 radical (unpaired) electrons. The minimum atomic E-state index is -1.24. The molecule has 3 aliphatic rings. The number of anilines is 1. The molecule has 1 aromatic heterocycles. The number of nitrogens with zero attached hydrogens (tertiary/aromatic N) is 3. The predicted octanol–water partition coefficient (Wildman–Crippen LogP) is 3.84. The molecule has 2 saturated carbocycles. The summed E-state index contributed by atoms with van der Waals surface area (Å²) in [5, 5.41) is 21.4. The normalized spacial score (nSPS) is 32.7. The monoisotopic (exact) mass is 432 g/mol. The van der Waals surface area contributed by atoms with E-state index in [1.54, 1.807) is 6.07 Å². The molecule has 2 heterocycles. The summed E-state index contributed by atoms with van der Waals surface area (Å²) in [5.74, 6) is -0.702. The van der Waals surface area contributed by atoms with Crippen molar-refractivity contribution in [3.05, 3.63) is 41.7 Å². The summed E-state index contributed by atoms with van der Waals surface area (Å²) in [6.07, 6.45) is 3.95. The molecule has 0 bridgehead atoms. The van der Waals surface area contributed by atoms with Gasteiger partial charge in [-0.15, -0.1) is 10.2 Å². The maximum atomic E-state index is 14.0. The molecular formula is C23H27F3N4O. The average Bonchev–Trinajstić information content (AvgIpc) is 3.22. The first-order chi connectivity index (χ1) is 14.8. The van der Waals surface area contributed by atoms with Crippen LogP contribution in [0.3, 0.4) is 0 Å². The van der Waals surface area contributed by atoms with Gasteiger partial charge in [-0.2, -0.15) is 0 Å². The zero-order valence-corrected chi connectivity index (χ0v) is 17.5. The lowest BCUT2D eigenvalue weighted by molar-refractivity contribution is -0.0648. The van der Waals surface area contributed by atoms with E-state index in [9.17, 15) is 18.3 Å². The Morgan fingerprint density at radius 3 is 2.42 bits per heavy atom. The van der Waals surface area contributed by atoms with Crippen molar-refractivity contribution >= 4 is 5.82 Å². The fourth-order valence-corrected chi connectivity index (χ4v) is 5.85. The van der Waals surface area contributed by atoms with Gasteiger partial charge in [0.15, 0.2) is 11.6 Å². The molecule has 0 unspecified atom stereocenters. The van der Waals surface area contributed by atoms with Gasteiger partial charge in [0.2, 0.25) is 0 Å². The quantitative estimate of drug-likeness (QED) is 0.703. The van der Waals surface area contributed by atoms with E-state index in [2.05, 4.69) is 20.4 Å². The van der Waals surface area contributed by atoms with Gasteiger partial charge in [0.1, 0.15) is 11.6 Å². The van der Waals surface area contributed by atoms with E-state index in [0.717, 1.165) is 51.4 Å². The van der Waals surface area contributed by atoms with E-state index >= 15 is 0 Å². The van der Waals surface area contributed by atoms with Crippen LogP contribution in [-0.4, -0.2) is 51.5 Å². The van der Waals surface area contributed by atoms with Crippen LogP contribution < -0.4 is 5.32 Å². The number of nitrogens with one attached hydrogen (secondary N) is 1. The summed E-state index contributed by atoms with van der Waals surface area (Å²) < 4.78 is 40.8. The lowest BCUT2D eigenvalue weighted by Gasteiger charge is -2.42. The topological polar surface area (TPSA) is 61.3 Å². The Morgan fingerprint density at radius 1 is 1.10 bits per heavy atom. The van der Waals surface area contributed by atoms with Crippen LogP contribution >= 0.6 is 0 Å². The zero-order valence-electron chi connectivity index (χ0n) is 17.5. The Kier molecular flexibility index (Phi) is 5.17. The van der Waals surface area contributed by atoms with Crippen LogP contribution in [0.2, 0.25) is 0 Å². The minimum Gasteiger partial charge on any atom is -0.390 e. The molecule has 3 fully saturated rings. The van der Waals surface area contributed by atoms with Crippen LogP contribution in [0, 0.1) is 35.2 Å². The van der Waals surface area contributed by atoms with Gasteiger partial charge in [0.25, 0.3) is 0 Å². The molecule has 1 aromatic carbocycles. The molecule has 1 saturated heterocycles. The molecule has 1 aliphatic heterocycles. The Balaban J connectivity index is 1.15. The lowest BCUT2D eigenvalue weighted by atomic mass is 9.72. The van der Waals surface area contributed by atoms with Gasteiger partial charge in [-0.3, -0.25) is 0 Å². The minimum absolute atomic E-state index is 0.0929. The summed E-state index contributed by atoms with van der Waals surface area (Å²) in [4.78, 5) is 2.55. The van der Waals surface area contributed by atoms with E-state index in [4.69, 9.17) is 0 Å². The number of fused-ring (bicyclic) bond motifs is 1. The molecule has 2 aliphatic carbocycles. The number of rotatable bonds is 5. The molecular weight excluding hydrogens is 405 g/mol. The highest BCUT2D eigenvalue weighted by Crippen LogP contribution is 2.42. The van der Waals surface area contributed by atoms with Gasteiger partial charge >= 0.3 is 0 Å². The van der Waals surface area contributed by atoms with E-state index in [0.29, 0.717) is 35.7 Å². The maximum absolute atomic E-state index is 14.0. The number of aliphatic hydroxyl groups is 1. The predicted molar refractivity (Wildman–Crippen MR) is 111 cm³/mol. The highest BCUT2D eigenvalue weighted by atomic mass is 19.2. The van der Waals surface area contributed by atoms with Crippen molar-refractivity contribution in [2.24, 2.45) is 17.8 Å². The standard InChI is InChI=1S/C23H27F3N4O/c1-23(31)8-13(9-23)10-30-11-14-4-17(5-15(14)12-30)27-21-3-2-20(28-29-21)18-6-16(24)7-19(25)22(18)26/h2-3,6-7,13-15,17,31H,4-5,8-12H2,1H3,(H,27,29)/t13?,14-,15+,17+,23?. The van der Waals surface area contributed by atoms with Gasteiger partial charge in [0.05, 0.1) is 11.3 Å². The number of benzene rings is 1. The van der Waals surface area contributed by atoms with Crippen LogP contribution in [0.25, 0.3) is 11.3 Å². The number of aromatic nitrogens is 2. The van der Waals surface area contributed by atoms with Gasteiger partial charge in [-0.05, 0) is 68.6 Å². The molecule has 166 valence electrons. The second-order valence-corrected chi connectivity index (χ2v) is 9.88. The van der Waals surface area contributed by atoms with Crippen LogP contribution in [0.4, 0.5) is 19.0 Å². The van der Waals surface area contributed by atoms with E-state index in [-0.39, 0.29) is 11.3 Å². The lowest BCUT2D eigenvalue weighted by Crippen LogP contribution is -2.45. The number of halogens is 3. The first kappa shape index (κ1) is 20.7. The number of hydrogen-bond donors (Lipinski definition) is 2. The second kappa shape index (κ2) is 7.74. The van der Waals surface area contributed by atoms with Gasteiger partial charge in [0, 0.05) is 37.3 Å². The third-order valence-corrected chi connectivity index (χ3v) is 7.09. The Bertz CT molecular complexity index is 946. The van der Waals surface area contributed by atoms with Crippen LogP contribution in [0.1, 0.15) is 32.6 Å². The second-order valence-electron chi connectivity index (χ2n) is 9.88. The van der Waals surface area contributed by atoms with Crippen molar-refractivity contribution in [1.29, 1.82) is 0 Å². The van der Waals surface area contributed by atoms with Gasteiger partial charge in [-0.25, -0.2) is 13.2 Å². The third-order valence-electron chi connectivity index (χ3n) is 7.09. The van der Waals surface area contributed by atoms with E-state index < -0.39 is 23.1 Å². The van der Waals surface area contributed by atoms with E-state index in [1.165, 1.54) is 6.07 Å². The van der Waals surface area contributed by atoms with Crippen LogP contribution in [0.5, 0.6) is 0 Å². The van der Waals surface area contributed by atoms with E-state index in [1.807, 2.05) is 6.92 Å². The Morgan fingerprint density at radius 2 is 1.81 bits per heavy atom. The molecule has 5 rings (SSSR count). The van der Waals surface area contributed by atoms with Crippen LogP contribution in [0.15, 0.2) is 24.3 Å². The average molecular weight is 432 g/mol. The first-order valence-electron chi connectivity index (χ1n) is 11.0. The first-order valence-corrected chi connectivity index (χ1v) is 11.0. The molecule has 31 heavy (non-hydrogen) atoms. The summed E-state index contributed by atoms with van der Waals surface area (Å²) in [6.45, 7) is 5.22. The maximum Gasteiger partial charge on any atom is 0.168 e. The van der Waals surface area contributed by atoms with Crippen molar-refractivity contribution in [3.63, 3.8) is 0 Å². The van der Waals surface area contributed by atoms with Gasteiger partial charge < -0.3 is 15.3 Å². The number of hydrogen-bond acceptors (Lipinski definition) is 5. The van der Waals surface area contributed by atoms with Crippen molar-refractivity contribution in [2.45, 2.75) is 44.2 Å². The fraction of sp³-hybridized carbons (Fsp3) is 0.565. The highest BCUT2D eigenvalue weighted by Gasteiger charge is 2.44. The van der Waals surface area contributed by atoms with Crippen LogP contribution in [-0.2, 0) is 0 Å². The van der Waals surface area contributed by atoms with Crippen molar-refractivity contribution in [1.82, 2.24) is 15.1 Å². The molecule has 0 spiro atoms. The summed E-state index contributed by atoms with van der Waals surface area (Å²) >= 11 is 0. The summed E-state index contributed by atoms with van der Waals surface area (Å²) in [6, 6.07) is 4.94. The molecule has 0 amide bonds. The van der Waals surface area contributed by atoms with Crippen molar-refractivity contribution < 1.29 is 18.3 Å². The molecule has 8 heteroatoms. The van der Waals surface area contributed by atoms with Gasteiger partial charge in [-0.1, -0.05) is 0 Å². The summed E-state index contributed by atoms with van der Waals surface area (Å²) in [7, 11) is 0. The molecule has 2 N–H and O–H groups in total. The Labute approximate surface area is 179 Å². The van der Waals surface area contributed by atoms with Crippen molar-refractivity contribution in [3.8, 4) is 11.3 Å². The number of likely N-dealkylation sites (tertiary alicyclic amines) is 1. The zero-order chi connectivity index (χ0) is 21.8. The third kappa shape index (κ3) is 4.28. The molecule has 2 aromatic rings. The molecule has 3 atom stereocenters. The summed E-state index contributed by atoms with van der Waals surface area (Å²) in [5.41, 5.74) is -0.601. The van der Waals surface area contributed by atoms with Crippen molar-refractivity contribution in [2.75, 3.05) is 25.0 Å². The Hall–Kier alpha value is -2.19. The SMILES string of the molecule is CC1(O)CC(CN2C[C@H]3C[C@H](Nc4ccc(-c5cc(F)cc(F)c5F)nn4)C[C@H]3C2)C1. The fourth-order valence-electron chi connectivity index (χ4n) is 5.85. The smallest absolute Gasteiger partial charge is 0.168 e. The highest BCUT2D eigenvalue weighted by molar-refractivity contribution is 5.60. The molecule has 5 nitrogen and oxygen atoms in total.